The first-order chi connectivity index (χ1) is 6.03. The Hall–Kier alpha value is -1.01. The maximum Gasteiger partial charge on any atom is 0.360 e. The first-order valence-electron chi connectivity index (χ1n) is 3.93. The Labute approximate surface area is 80.9 Å². The fraction of sp³-hybridized carbons (Fsp3) is 0.571. The number of carboxylic acids is 1. The van der Waals surface area contributed by atoms with Crippen molar-refractivity contribution >= 4 is 29.2 Å². The fourth-order valence-corrected chi connectivity index (χ4v) is 1.76. The van der Waals surface area contributed by atoms with Crippen molar-refractivity contribution in [3.63, 3.8) is 0 Å². The van der Waals surface area contributed by atoms with Gasteiger partial charge in [-0.05, 0) is 6.92 Å². The number of aliphatic carboxylic acids is 1. The first kappa shape index (κ1) is 10.1. The molecule has 0 aliphatic carbocycles. The van der Waals surface area contributed by atoms with Crippen LogP contribution in [0, 0.1) is 0 Å². The van der Waals surface area contributed by atoms with Gasteiger partial charge in [-0.1, -0.05) is 0 Å². The van der Waals surface area contributed by atoms with Gasteiger partial charge in [0.15, 0.2) is 6.54 Å². The summed E-state index contributed by atoms with van der Waals surface area (Å²) in [5, 5.41) is 11.7. The number of quaternary nitrogens is 1. The average molecular weight is 203 g/mol. The molecule has 1 aliphatic rings. The van der Waals surface area contributed by atoms with Crippen LogP contribution >= 0.6 is 12.2 Å². The third-order valence-electron chi connectivity index (χ3n) is 2.20. The predicted molar refractivity (Wildman–Crippen MR) is 48.9 cm³/mol. The molecule has 0 spiro atoms. The molecule has 6 heteroatoms. The number of carbonyl (C=O) groups is 2. The van der Waals surface area contributed by atoms with E-state index in [0.717, 1.165) is 0 Å². The molecule has 13 heavy (non-hydrogen) atoms. The van der Waals surface area contributed by atoms with Gasteiger partial charge in [0.05, 0.1) is 6.54 Å². The molecule has 1 rings (SSSR count). The van der Waals surface area contributed by atoms with E-state index in [9.17, 15) is 9.59 Å². The van der Waals surface area contributed by atoms with Crippen LogP contribution in [0.2, 0.25) is 0 Å². The molecule has 1 heterocycles. The summed E-state index contributed by atoms with van der Waals surface area (Å²) in [4.78, 5) is 22.0. The highest BCUT2D eigenvalue weighted by Crippen LogP contribution is 2.13. The second-order valence-corrected chi connectivity index (χ2v) is 3.28. The summed E-state index contributed by atoms with van der Waals surface area (Å²) in [6.45, 7) is 2.01. The van der Waals surface area contributed by atoms with Crippen LogP contribution in [0.15, 0.2) is 0 Å². The summed E-state index contributed by atoms with van der Waals surface area (Å²) in [6, 6.07) is 0. The SMILES string of the molecule is CC[N+]1(CC(=O)O)C(=O)CNC1=S. The number of carbonyl (C=O) groups excluding carboxylic acids is 1. The minimum absolute atomic E-state index is 0.139. The van der Waals surface area contributed by atoms with Crippen molar-refractivity contribution in [3.05, 3.63) is 0 Å². The Morgan fingerprint density at radius 2 is 2.38 bits per heavy atom. The van der Waals surface area contributed by atoms with Crippen LogP contribution in [0.5, 0.6) is 0 Å². The van der Waals surface area contributed by atoms with Crippen molar-refractivity contribution in [2.75, 3.05) is 19.6 Å². The van der Waals surface area contributed by atoms with Gasteiger partial charge in [-0.25, -0.2) is 9.59 Å². The van der Waals surface area contributed by atoms with E-state index in [0.29, 0.717) is 11.7 Å². The summed E-state index contributed by atoms with van der Waals surface area (Å²) in [6.07, 6.45) is 0. The van der Waals surface area contributed by atoms with E-state index < -0.39 is 5.97 Å². The highest BCUT2D eigenvalue weighted by Gasteiger charge is 2.47. The van der Waals surface area contributed by atoms with Crippen LogP contribution in [0.3, 0.4) is 0 Å². The van der Waals surface area contributed by atoms with E-state index in [4.69, 9.17) is 17.3 Å². The van der Waals surface area contributed by atoms with Crippen LogP contribution < -0.4 is 5.32 Å². The number of hydrogen-bond donors (Lipinski definition) is 2. The average Bonchev–Trinajstić information content (AvgIpc) is 2.32. The summed E-state index contributed by atoms with van der Waals surface area (Å²) < 4.78 is -0.245. The summed E-state index contributed by atoms with van der Waals surface area (Å²) >= 11 is 4.92. The van der Waals surface area contributed by atoms with Crippen molar-refractivity contribution in [1.29, 1.82) is 0 Å². The van der Waals surface area contributed by atoms with Crippen molar-refractivity contribution in [2.24, 2.45) is 0 Å². The van der Waals surface area contributed by atoms with E-state index in [1.165, 1.54) is 0 Å². The molecular formula is C7H11N2O3S+. The Morgan fingerprint density at radius 1 is 1.77 bits per heavy atom. The van der Waals surface area contributed by atoms with Gasteiger partial charge in [0, 0.05) is 12.2 Å². The van der Waals surface area contributed by atoms with Gasteiger partial charge in [-0.3, -0.25) is 0 Å². The highest BCUT2D eigenvalue weighted by molar-refractivity contribution is 7.80. The zero-order valence-electron chi connectivity index (χ0n) is 7.24. The lowest BCUT2D eigenvalue weighted by atomic mass is 10.4. The van der Waals surface area contributed by atoms with Gasteiger partial charge >= 0.3 is 11.9 Å². The summed E-state index contributed by atoms with van der Waals surface area (Å²) in [7, 11) is 0. The van der Waals surface area contributed by atoms with E-state index in [2.05, 4.69) is 5.32 Å². The monoisotopic (exact) mass is 203 g/mol. The molecule has 72 valence electrons. The highest BCUT2D eigenvalue weighted by atomic mass is 32.1. The molecule has 1 fully saturated rings. The number of likely N-dealkylation sites (N-methyl/N-ethyl adjacent to an activating group) is 1. The van der Waals surface area contributed by atoms with E-state index >= 15 is 0 Å². The molecule has 0 radical (unpaired) electrons. The molecule has 0 bridgehead atoms. The molecule has 1 amide bonds. The van der Waals surface area contributed by atoms with Crippen molar-refractivity contribution in [1.82, 2.24) is 5.32 Å². The molecular weight excluding hydrogens is 192 g/mol. The number of carboxylic acid groups (broad SMARTS) is 1. The Morgan fingerprint density at radius 3 is 2.69 bits per heavy atom. The largest absolute Gasteiger partial charge is 0.477 e. The zero-order chi connectivity index (χ0) is 10.1. The van der Waals surface area contributed by atoms with Gasteiger partial charge < -0.3 is 10.4 Å². The first-order valence-corrected chi connectivity index (χ1v) is 4.34. The maximum atomic E-state index is 11.4. The van der Waals surface area contributed by atoms with Crippen molar-refractivity contribution in [3.8, 4) is 0 Å². The van der Waals surface area contributed by atoms with Gasteiger partial charge in [0.25, 0.3) is 5.11 Å². The zero-order valence-corrected chi connectivity index (χ0v) is 8.06. The minimum Gasteiger partial charge on any atom is -0.477 e. The quantitative estimate of drug-likeness (QED) is 0.470. The molecule has 1 unspecified atom stereocenters. The number of nitrogens with zero attached hydrogens (tertiary/aromatic N) is 1. The van der Waals surface area contributed by atoms with Crippen LogP contribution in [0.1, 0.15) is 6.92 Å². The number of rotatable bonds is 3. The van der Waals surface area contributed by atoms with Crippen LogP contribution in [-0.2, 0) is 9.59 Å². The van der Waals surface area contributed by atoms with Gasteiger partial charge in [0.2, 0.25) is 0 Å². The lowest BCUT2D eigenvalue weighted by Crippen LogP contribution is -2.55. The number of nitrogens with one attached hydrogen (secondary N) is 1. The third kappa shape index (κ3) is 1.54. The van der Waals surface area contributed by atoms with E-state index in [1.807, 2.05) is 0 Å². The molecule has 0 aromatic heterocycles. The Bertz CT molecular complexity index is 261. The smallest absolute Gasteiger partial charge is 0.360 e. The molecule has 1 atom stereocenters. The normalized spacial score (nSPS) is 27.5. The van der Waals surface area contributed by atoms with E-state index in [-0.39, 0.29) is 23.5 Å². The molecule has 2 N–H and O–H groups in total. The fourth-order valence-electron chi connectivity index (χ4n) is 1.39. The van der Waals surface area contributed by atoms with Crippen LogP contribution in [0.4, 0.5) is 0 Å². The van der Waals surface area contributed by atoms with Gasteiger partial charge in [-0.15, -0.1) is 0 Å². The molecule has 1 saturated heterocycles. The molecule has 0 saturated carbocycles. The molecule has 0 aromatic rings. The Kier molecular flexibility index (Phi) is 2.63. The van der Waals surface area contributed by atoms with Crippen LogP contribution in [0.25, 0.3) is 0 Å². The van der Waals surface area contributed by atoms with E-state index in [1.54, 1.807) is 6.92 Å². The minimum atomic E-state index is -1.01. The van der Waals surface area contributed by atoms with Gasteiger partial charge in [0.1, 0.15) is 6.54 Å². The standard InChI is InChI=1S/C7H10N2O3S/c1-2-9(4-6(11)12)5(10)3-8-7(9)13/h2-4H2,1H3,(H-,8,11,12,13)/p+1. The summed E-state index contributed by atoms with van der Waals surface area (Å²) in [5.41, 5.74) is 0. The third-order valence-corrected chi connectivity index (χ3v) is 2.70. The number of amides is 1. The molecule has 1 aliphatic heterocycles. The second kappa shape index (κ2) is 3.39. The lowest BCUT2D eigenvalue weighted by Gasteiger charge is -2.25. The van der Waals surface area contributed by atoms with Crippen LogP contribution in [-0.4, -0.2) is 46.2 Å². The number of thiocarbonyl (C=S) groups is 1. The topological polar surface area (TPSA) is 66.4 Å². The Balaban J connectivity index is 2.95. The maximum absolute atomic E-state index is 11.4. The van der Waals surface area contributed by atoms with Crippen molar-refractivity contribution in [2.45, 2.75) is 6.92 Å². The second-order valence-electron chi connectivity index (χ2n) is 2.89. The van der Waals surface area contributed by atoms with Crippen molar-refractivity contribution < 1.29 is 19.2 Å². The molecule has 5 nitrogen and oxygen atoms in total. The molecule has 0 aromatic carbocycles. The predicted octanol–water partition coefficient (Wildman–Crippen LogP) is -0.678. The lowest BCUT2D eigenvalue weighted by molar-refractivity contribution is -0.747. The number of hydrogen-bond acceptors (Lipinski definition) is 3. The van der Waals surface area contributed by atoms with Gasteiger partial charge in [-0.2, -0.15) is 4.48 Å². The summed E-state index contributed by atoms with van der Waals surface area (Å²) in [5.74, 6) is -1.18.